The van der Waals surface area contributed by atoms with Gasteiger partial charge in [-0.2, -0.15) is 4.98 Å². The Balaban J connectivity index is 2.00. The van der Waals surface area contributed by atoms with Gasteiger partial charge in [0.25, 0.3) is 0 Å². The van der Waals surface area contributed by atoms with E-state index in [1.807, 2.05) is 43.3 Å². The van der Waals surface area contributed by atoms with Crippen LogP contribution in [-0.2, 0) is 6.54 Å². The van der Waals surface area contributed by atoms with Crippen LogP contribution in [0.3, 0.4) is 0 Å². The van der Waals surface area contributed by atoms with E-state index >= 15 is 0 Å². The van der Waals surface area contributed by atoms with Gasteiger partial charge in [-0.25, -0.2) is 0 Å². The van der Waals surface area contributed by atoms with E-state index in [2.05, 4.69) is 20.5 Å². The molecule has 2 aromatic carbocycles. The van der Waals surface area contributed by atoms with Crippen molar-refractivity contribution >= 4 is 35.0 Å². The second-order valence-electron chi connectivity index (χ2n) is 5.31. The van der Waals surface area contributed by atoms with E-state index in [9.17, 15) is 0 Å². The molecule has 3 aromatic rings. The number of hydrogen-bond donors (Lipinski definition) is 2. The Hall–Kier alpha value is -2.37. The van der Waals surface area contributed by atoms with Gasteiger partial charge in [-0.05, 0) is 30.2 Å². The predicted molar refractivity (Wildman–Crippen MR) is 98.2 cm³/mol. The summed E-state index contributed by atoms with van der Waals surface area (Å²) < 4.78 is 0. The Morgan fingerprint density at radius 2 is 1.83 bits per heavy atom. The highest BCUT2D eigenvalue weighted by Crippen LogP contribution is 2.36. The summed E-state index contributed by atoms with van der Waals surface area (Å²) >= 11 is 12.5. The molecule has 7 heteroatoms. The number of halogens is 2. The van der Waals surface area contributed by atoms with Gasteiger partial charge in [-0.1, -0.05) is 53.5 Å². The van der Waals surface area contributed by atoms with Crippen LogP contribution in [0.5, 0.6) is 0 Å². The first-order valence-electron chi connectivity index (χ1n) is 7.28. The summed E-state index contributed by atoms with van der Waals surface area (Å²) in [5.41, 5.74) is 8.93. The van der Waals surface area contributed by atoms with Gasteiger partial charge < -0.3 is 11.1 Å². The van der Waals surface area contributed by atoms with Crippen molar-refractivity contribution in [1.82, 2.24) is 15.2 Å². The smallest absolute Gasteiger partial charge is 0.242 e. The van der Waals surface area contributed by atoms with Crippen LogP contribution in [0.1, 0.15) is 11.1 Å². The standard InChI is InChI=1S/C17H15Cl2N5/c1-10-7-12(14(19)13(18)8-10)15-16(22-17(20)24-23-15)21-9-11-5-3-2-4-6-11/h2-8H,9H2,1H3,(H3,20,21,22,24). The van der Waals surface area contributed by atoms with E-state index in [4.69, 9.17) is 28.9 Å². The number of benzene rings is 2. The third-order valence-electron chi connectivity index (χ3n) is 3.43. The van der Waals surface area contributed by atoms with E-state index in [1.54, 1.807) is 6.07 Å². The molecular formula is C17H15Cl2N5. The van der Waals surface area contributed by atoms with Crippen molar-refractivity contribution in [2.24, 2.45) is 0 Å². The molecule has 24 heavy (non-hydrogen) atoms. The summed E-state index contributed by atoms with van der Waals surface area (Å²) in [6.45, 7) is 2.50. The van der Waals surface area contributed by atoms with Crippen molar-refractivity contribution in [3.8, 4) is 11.3 Å². The highest BCUT2D eigenvalue weighted by atomic mass is 35.5. The van der Waals surface area contributed by atoms with E-state index in [1.165, 1.54) is 0 Å². The molecule has 3 rings (SSSR count). The summed E-state index contributed by atoms with van der Waals surface area (Å²) in [6.07, 6.45) is 0. The highest BCUT2D eigenvalue weighted by molar-refractivity contribution is 6.43. The lowest BCUT2D eigenvalue weighted by Crippen LogP contribution is -2.08. The largest absolute Gasteiger partial charge is 0.366 e. The zero-order valence-electron chi connectivity index (χ0n) is 12.9. The molecule has 122 valence electrons. The van der Waals surface area contributed by atoms with Gasteiger partial charge in [0, 0.05) is 12.1 Å². The maximum atomic E-state index is 6.34. The Kier molecular flexibility index (Phi) is 4.83. The topological polar surface area (TPSA) is 76.7 Å². The van der Waals surface area contributed by atoms with Crippen LogP contribution in [0.2, 0.25) is 10.0 Å². The molecule has 0 saturated heterocycles. The average Bonchev–Trinajstić information content (AvgIpc) is 2.57. The second kappa shape index (κ2) is 7.03. The molecule has 0 aliphatic carbocycles. The first kappa shape index (κ1) is 16.5. The highest BCUT2D eigenvalue weighted by Gasteiger charge is 2.16. The predicted octanol–water partition coefficient (Wildman–Crippen LogP) is 4.35. The summed E-state index contributed by atoms with van der Waals surface area (Å²) in [5.74, 6) is 0.596. The summed E-state index contributed by atoms with van der Waals surface area (Å²) in [5, 5.41) is 12.1. The molecule has 0 spiro atoms. The lowest BCUT2D eigenvalue weighted by Gasteiger charge is -2.12. The molecule has 0 saturated carbocycles. The number of anilines is 2. The van der Waals surface area contributed by atoms with Crippen molar-refractivity contribution in [2.75, 3.05) is 11.1 Å². The lowest BCUT2D eigenvalue weighted by molar-refractivity contribution is 0.979. The first-order chi connectivity index (χ1) is 11.5. The average molecular weight is 360 g/mol. The third kappa shape index (κ3) is 3.58. The van der Waals surface area contributed by atoms with Gasteiger partial charge in [0.2, 0.25) is 5.95 Å². The van der Waals surface area contributed by atoms with Crippen molar-refractivity contribution in [3.63, 3.8) is 0 Å². The molecule has 0 aliphatic rings. The van der Waals surface area contributed by atoms with Crippen LogP contribution in [-0.4, -0.2) is 15.2 Å². The van der Waals surface area contributed by atoms with Crippen LogP contribution in [0, 0.1) is 6.92 Å². The first-order valence-corrected chi connectivity index (χ1v) is 8.04. The second-order valence-corrected chi connectivity index (χ2v) is 6.10. The molecule has 0 aliphatic heterocycles. The number of nitrogen functional groups attached to an aromatic ring is 1. The fourth-order valence-electron chi connectivity index (χ4n) is 2.32. The number of nitrogens with two attached hydrogens (primary N) is 1. The van der Waals surface area contributed by atoms with Crippen molar-refractivity contribution in [2.45, 2.75) is 13.5 Å². The van der Waals surface area contributed by atoms with E-state index in [-0.39, 0.29) is 5.95 Å². The molecular weight excluding hydrogens is 345 g/mol. The molecule has 1 heterocycles. The molecule has 0 bridgehead atoms. The third-order valence-corrected chi connectivity index (χ3v) is 4.24. The molecule has 0 amide bonds. The number of rotatable bonds is 4. The SMILES string of the molecule is Cc1cc(Cl)c(Cl)c(-c2nnc(N)nc2NCc2ccccc2)c1. The summed E-state index contributed by atoms with van der Waals surface area (Å²) in [7, 11) is 0. The number of hydrogen-bond acceptors (Lipinski definition) is 5. The van der Waals surface area contributed by atoms with Gasteiger partial charge in [-0.3, -0.25) is 0 Å². The Labute approximate surface area is 149 Å². The number of aromatic nitrogens is 3. The minimum absolute atomic E-state index is 0.0872. The fraction of sp³-hybridized carbons (Fsp3) is 0.118. The van der Waals surface area contributed by atoms with Crippen LogP contribution < -0.4 is 11.1 Å². The zero-order valence-corrected chi connectivity index (χ0v) is 14.4. The van der Waals surface area contributed by atoms with E-state index in [0.29, 0.717) is 33.7 Å². The number of nitrogens with zero attached hydrogens (tertiary/aromatic N) is 3. The van der Waals surface area contributed by atoms with Gasteiger partial charge in [0.15, 0.2) is 5.82 Å². The summed E-state index contributed by atoms with van der Waals surface area (Å²) in [4.78, 5) is 4.26. The lowest BCUT2D eigenvalue weighted by atomic mass is 10.1. The van der Waals surface area contributed by atoms with Gasteiger partial charge in [0.1, 0.15) is 5.69 Å². The Bertz CT molecular complexity index is 868. The van der Waals surface area contributed by atoms with Gasteiger partial charge in [-0.15, -0.1) is 10.2 Å². The van der Waals surface area contributed by atoms with Crippen LogP contribution >= 0.6 is 23.2 Å². The molecule has 5 nitrogen and oxygen atoms in total. The minimum Gasteiger partial charge on any atom is -0.366 e. The zero-order chi connectivity index (χ0) is 17.1. The molecule has 3 N–H and O–H groups in total. The summed E-state index contributed by atoms with van der Waals surface area (Å²) in [6, 6.07) is 13.6. The fourth-order valence-corrected chi connectivity index (χ4v) is 2.79. The monoisotopic (exact) mass is 359 g/mol. The molecule has 0 unspecified atom stereocenters. The van der Waals surface area contributed by atoms with Crippen molar-refractivity contribution < 1.29 is 0 Å². The maximum Gasteiger partial charge on any atom is 0.242 e. The van der Waals surface area contributed by atoms with Gasteiger partial charge >= 0.3 is 0 Å². The van der Waals surface area contributed by atoms with Crippen LogP contribution in [0.15, 0.2) is 42.5 Å². The van der Waals surface area contributed by atoms with E-state index < -0.39 is 0 Å². The molecule has 1 aromatic heterocycles. The Morgan fingerprint density at radius 1 is 1.08 bits per heavy atom. The minimum atomic E-state index is 0.0872. The van der Waals surface area contributed by atoms with Crippen LogP contribution in [0.25, 0.3) is 11.3 Å². The molecule has 0 atom stereocenters. The molecule has 0 radical (unpaired) electrons. The molecule has 0 fully saturated rings. The van der Waals surface area contributed by atoms with Crippen LogP contribution in [0.4, 0.5) is 11.8 Å². The normalized spacial score (nSPS) is 10.6. The van der Waals surface area contributed by atoms with E-state index in [0.717, 1.165) is 11.1 Å². The van der Waals surface area contributed by atoms with Gasteiger partial charge in [0.05, 0.1) is 10.0 Å². The van der Waals surface area contributed by atoms with Crippen molar-refractivity contribution in [1.29, 1.82) is 0 Å². The number of aryl methyl sites for hydroxylation is 1. The number of nitrogens with one attached hydrogen (secondary N) is 1. The quantitative estimate of drug-likeness (QED) is 0.723. The van der Waals surface area contributed by atoms with Crippen molar-refractivity contribution in [3.05, 3.63) is 63.6 Å². The maximum absolute atomic E-state index is 6.34. The Morgan fingerprint density at radius 3 is 2.58 bits per heavy atom.